The summed E-state index contributed by atoms with van der Waals surface area (Å²) >= 11 is 0. The summed E-state index contributed by atoms with van der Waals surface area (Å²) in [5, 5.41) is 4.64. The Hall–Kier alpha value is -2.35. The summed E-state index contributed by atoms with van der Waals surface area (Å²) in [6, 6.07) is 18.7. The van der Waals surface area contributed by atoms with Crippen molar-refractivity contribution < 1.29 is 0 Å². The summed E-state index contributed by atoms with van der Waals surface area (Å²) in [6.45, 7) is 4.13. The van der Waals surface area contributed by atoms with Crippen molar-refractivity contribution in [3.05, 3.63) is 65.9 Å². The van der Waals surface area contributed by atoms with Crippen LogP contribution in [0.3, 0.4) is 0 Å². The Labute approximate surface area is 113 Å². The topological polar surface area (TPSA) is 24.9 Å². The van der Waals surface area contributed by atoms with Crippen LogP contribution in [0.4, 0.5) is 11.4 Å². The zero-order chi connectivity index (χ0) is 13.2. The Morgan fingerprint density at radius 1 is 0.895 bits per heavy atom. The molecule has 19 heavy (non-hydrogen) atoms. The third kappa shape index (κ3) is 2.43. The van der Waals surface area contributed by atoms with Crippen LogP contribution in [0, 0.1) is 13.8 Å². The molecule has 0 aliphatic heterocycles. The monoisotopic (exact) mass is 248 g/mol. The van der Waals surface area contributed by atoms with Crippen LogP contribution in [-0.2, 0) is 0 Å². The number of pyridine rings is 1. The molecule has 2 heteroatoms. The van der Waals surface area contributed by atoms with Crippen LogP contribution >= 0.6 is 0 Å². The standard InChI is InChI=1S/C17H16N2/c1-12-8-9-16-15(10-12)17(11-13(2)18-16)19-14-6-4-3-5-7-14/h3-11H,1-2H3,(H,18,19). The maximum absolute atomic E-state index is 4.58. The second kappa shape index (κ2) is 4.73. The van der Waals surface area contributed by atoms with Crippen LogP contribution in [0.5, 0.6) is 0 Å². The first-order valence-corrected chi connectivity index (χ1v) is 6.42. The van der Waals surface area contributed by atoms with Gasteiger partial charge in [-0.05, 0) is 44.2 Å². The fraction of sp³-hybridized carbons (Fsp3) is 0.118. The van der Waals surface area contributed by atoms with Crippen LogP contribution < -0.4 is 5.32 Å². The lowest BCUT2D eigenvalue weighted by atomic mass is 10.1. The molecule has 1 N–H and O–H groups in total. The van der Waals surface area contributed by atoms with Crippen molar-refractivity contribution >= 4 is 22.3 Å². The number of hydrogen-bond acceptors (Lipinski definition) is 2. The largest absolute Gasteiger partial charge is 0.355 e. The molecule has 0 aliphatic rings. The summed E-state index contributed by atoms with van der Waals surface area (Å²) in [5.74, 6) is 0. The number of benzene rings is 2. The lowest BCUT2D eigenvalue weighted by molar-refractivity contribution is 1.25. The van der Waals surface area contributed by atoms with Crippen LogP contribution in [0.1, 0.15) is 11.3 Å². The third-order valence-corrected chi connectivity index (χ3v) is 3.15. The first kappa shape index (κ1) is 11.7. The smallest absolute Gasteiger partial charge is 0.0726 e. The molecule has 1 aromatic heterocycles. The Morgan fingerprint density at radius 2 is 1.68 bits per heavy atom. The zero-order valence-electron chi connectivity index (χ0n) is 11.1. The van der Waals surface area contributed by atoms with E-state index < -0.39 is 0 Å². The lowest BCUT2D eigenvalue weighted by Crippen LogP contribution is -1.94. The fourth-order valence-corrected chi connectivity index (χ4v) is 2.25. The Kier molecular flexibility index (Phi) is 2.92. The van der Waals surface area contributed by atoms with Gasteiger partial charge in [0.1, 0.15) is 0 Å². The first-order valence-electron chi connectivity index (χ1n) is 6.42. The summed E-state index contributed by atoms with van der Waals surface area (Å²) in [7, 11) is 0. The van der Waals surface area contributed by atoms with Gasteiger partial charge in [0.25, 0.3) is 0 Å². The maximum Gasteiger partial charge on any atom is 0.0726 e. The van der Waals surface area contributed by atoms with Gasteiger partial charge >= 0.3 is 0 Å². The molecule has 0 atom stereocenters. The molecule has 0 radical (unpaired) electrons. The minimum Gasteiger partial charge on any atom is -0.355 e. The SMILES string of the molecule is Cc1ccc2nc(C)cc(Nc3ccccc3)c2c1. The van der Waals surface area contributed by atoms with E-state index in [0.29, 0.717) is 0 Å². The highest BCUT2D eigenvalue weighted by Gasteiger charge is 2.04. The van der Waals surface area contributed by atoms with Crippen molar-refractivity contribution in [2.75, 3.05) is 5.32 Å². The van der Waals surface area contributed by atoms with Gasteiger partial charge in [-0.3, -0.25) is 4.98 Å². The minimum atomic E-state index is 1.02. The van der Waals surface area contributed by atoms with Gasteiger partial charge in [0.2, 0.25) is 0 Å². The van der Waals surface area contributed by atoms with Crippen molar-refractivity contribution in [3.63, 3.8) is 0 Å². The quantitative estimate of drug-likeness (QED) is 0.717. The van der Waals surface area contributed by atoms with Gasteiger partial charge in [-0.1, -0.05) is 29.8 Å². The predicted molar refractivity (Wildman–Crippen MR) is 80.9 cm³/mol. The van der Waals surface area contributed by atoms with Crippen molar-refractivity contribution in [3.8, 4) is 0 Å². The molecular weight excluding hydrogens is 232 g/mol. The second-order valence-electron chi connectivity index (χ2n) is 4.82. The van der Waals surface area contributed by atoms with E-state index >= 15 is 0 Å². The van der Waals surface area contributed by atoms with E-state index in [1.165, 1.54) is 5.56 Å². The van der Waals surface area contributed by atoms with Gasteiger partial charge in [-0.2, -0.15) is 0 Å². The van der Waals surface area contributed by atoms with E-state index in [2.05, 4.69) is 53.6 Å². The molecule has 0 saturated heterocycles. The number of anilines is 2. The van der Waals surface area contributed by atoms with Crippen molar-refractivity contribution in [2.24, 2.45) is 0 Å². The van der Waals surface area contributed by atoms with Crippen LogP contribution in [0.25, 0.3) is 10.9 Å². The molecule has 0 aliphatic carbocycles. The predicted octanol–water partition coefficient (Wildman–Crippen LogP) is 4.60. The number of para-hydroxylation sites is 1. The van der Waals surface area contributed by atoms with Crippen molar-refractivity contribution in [1.29, 1.82) is 0 Å². The van der Waals surface area contributed by atoms with Crippen molar-refractivity contribution in [1.82, 2.24) is 4.98 Å². The van der Waals surface area contributed by atoms with Gasteiger partial charge in [-0.15, -0.1) is 0 Å². The summed E-state index contributed by atoms with van der Waals surface area (Å²) in [6.07, 6.45) is 0. The fourth-order valence-electron chi connectivity index (χ4n) is 2.25. The number of aromatic nitrogens is 1. The van der Waals surface area contributed by atoms with Crippen LogP contribution in [0.2, 0.25) is 0 Å². The molecule has 2 nitrogen and oxygen atoms in total. The molecule has 2 aromatic carbocycles. The van der Waals surface area contributed by atoms with E-state index in [9.17, 15) is 0 Å². The Balaban J connectivity index is 2.14. The van der Waals surface area contributed by atoms with E-state index in [-0.39, 0.29) is 0 Å². The average molecular weight is 248 g/mol. The van der Waals surface area contributed by atoms with Gasteiger partial charge < -0.3 is 5.32 Å². The van der Waals surface area contributed by atoms with E-state index in [0.717, 1.165) is 28.0 Å². The normalized spacial score (nSPS) is 10.6. The minimum absolute atomic E-state index is 1.02. The molecular formula is C17H16N2. The molecule has 0 bridgehead atoms. The first-order chi connectivity index (χ1) is 9.22. The molecule has 0 amide bonds. The summed E-state index contributed by atoms with van der Waals surface area (Å²) in [5.41, 5.74) is 5.50. The number of fused-ring (bicyclic) bond motifs is 1. The zero-order valence-corrected chi connectivity index (χ0v) is 11.1. The second-order valence-corrected chi connectivity index (χ2v) is 4.82. The number of aryl methyl sites for hydroxylation is 2. The molecule has 3 rings (SSSR count). The average Bonchev–Trinajstić information content (AvgIpc) is 2.41. The Morgan fingerprint density at radius 3 is 2.47 bits per heavy atom. The van der Waals surface area contributed by atoms with Crippen LogP contribution in [-0.4, -0.2) is 4.98 Å². The molecule has 94 valence electrons. The molecule has 0 spiro atoms. The molecule has 0 saturated carbocycles. The highest BCUT2D eigenvalue weighted by atomic mass is 14.9. The number of nitrogens with zero attached hydrogens (tertiary/aromatic N) is 1. The highest BCUT2D eigenvalue weighted by molar-refractivity contribution is 5.93. The molecule has 3 aromatic rings. The van der Waals surface area contributed by atoms with Gasteiger partial charge in [0.05, 0.1) is 5.52 Å². The number of nitrogens with one attached hydrogen (secondary N) is 1. The van der Waals surface area contributed by atoms with E-state index in [1.807, 2.05) is 25.1 Å². The maximum atomic E-state index is 4.58. The molecule has 0 fully saturated rings. The molecule has 1 heterocycles. The van der Waals surface area contributed by atoms with Gasteiger partial charge in [-0.25, -0.2) is 0 Å². The summed E-state index contributed by atoms with van der Waals surface area (Å²) in [4.78, 5) is 4.58. The lowest BCUT2D eigenvalue weighted by Gasteiger charge is -2.11. The Bertz CT molecular complexity index is 718. The summed E-state index contributed by atoms with van der Waals surface area (Å²) < 4.78 is 0. The highest BCUT2D eigenvalue weighted by Crippen LogP contribution is 2.27. The third-order valence-electron chi connectivity index (χ3n) is 3.15. The van der Waals surface area contributed by atoms with Gasteiger partial charge in [0, 0.05) is 22.5 Å². The van der Waals surface area contributed by atoms with Crippen molar-refractivity contribution in [2.45, 2.75) is 13.8 Å². The number of rotatable bonds is 2. The van der Waals surface area contributed by atoms with E-state index in [1.54, 1.807) is 0 Å². The number of hydrogen-bond donors (Lipinski definition) is 1. The van der Waals surface area contributed by atoms with E-state index in [4.69, 9.17) is 0 Å². The van der Waals surface area contributed by atoms with Crippen LogP contribution in [0.15, 0.2) is 54.6 Å². The van der Waals surface area contributed by atoms with Gasteiger partial charge in [0.15, 0.2) is 0 Å². The molecule has 0 unspecified atom stereocenters.